The van der Waals surface area contributed by atoms with Gasteiger partial charge in [0.05, 0.1) is 12.9 Å². The highest BCUT2D eigenvalue weighted by Crippen LogP contribution is 2.29. The SMILES string of the molecule is CCCCSc1nnc(SCC(=O)c2ccc(OC)c(F)c2)s1. The van der Waals surface area contributed by atoms with Crippen LogP contribution in [0.4, 0.5) is 4.39 Å². The van der Waals surface area contributed by atoms with Gasteiger partial charge in [-0.25, -0.2) is 4.39 Å². The minimum atomic E-state index is -0.533. The van der Waals surface area contributed by atoms with Crippen molar-refractivity contribution in [3.05, 3.63) is 29.6 Å². The Hall–Kier alpha value is -1.12. The first-order chi connectivity index (χ1) is 11.1. The number of methoxy groups -OCH3 is 1. The number of rotatable bonds is 9. The normalized spacial score (nSPS) is 10.7. The Bertz CT molecular complexity index is 664. The van der Waals surface area contributed by atoms with E-state index in [0.717, 1.165) is 27.3 Å². The highest BCUT2D eigenvalue weighted by Gasteiger charge is 2.12. The van der Waals surface area contributed by atoms with Crippen molar-refractivity contribution in [3.8, 4) is 5.75 Å². The van der Waals surface area contributed by atoms with Crippen molar-refractivity contribution >= 4 is 40.6 Å². The van der Waals surface area contributed by atoms with Crippen LogP contribution in [0.25, 0.3) is 0 Å². The maximum Gasteiger partial charge on any atom is 0.175 e. The van der Waals surface area contributed by atoms with Crippen LogP contribution in [0.15, 0.2) is 26.9 Å². The van der Waals surface area contributed by atoms with Gasteiger partial charge >= 0.3 is 0 Å². The third kappa shape index (κ3) is 5.47. The first-order valence-corrected chi connectivity index (χ1v) is 9.88. The van der Waals surface area contributed by atoms with Crippen LogP contribution < -0.4 is 4.74 Å². The number of hydrogen-bond acceptors (Lipinski definition) is 7. The molecule has 0 aliphatic carbocycles. The Morgan fingerprint density at radius 1 is 1.30 bits per heavy atom. The molecule has 0 N–H and O–H groups in total. The average molecular weight is 373 g/mol. The maximum atomic E-state index is 13.6. The Kier molecular flexibility index (Phi) is 7.32. The van der Waals surface area contributed by atoms with Crippen LogP contribution in [0.3, 0.4) is 0 Å². The number of nitrogens with zero attached hydrogens (tertiary/aromatic N) is 2. The van der Waals surface area contributed by atoms with Gasteiger partial charge in [-0.15, -0.1) is 10.2 Å². The summed E-state index contributed by atoms with van der Waals surface area (Å²) in [5, 5.41) is 8.17. The lowest BCUT2D eigenvalue weighted by molar-refractivity contribution is 0.102. The topological polar surface area (TPSA) is 52.1 Å². The van der Waals surface area contributed by atoms with Gasteiger partial charge in [-0.1, -0.05) is 48.2 Å². The fraction of sp³-hybridized carbons (Fsp3) is 0.400. The average Bonchev–Trinajstić information content (AvgIpc) is 3.00. The predicted molar refractivity (Wildman–Crippen MR) is 93.5 cm³/mol. The number of ether oxygens (including phenoxy) is 1. The largest absolute Gasteiger partial charge is 0.494 e. The number of carbonyl (C=O) groups is 1. The van der Waals surface area contributed by atoms with Crippen LogP contribution in [0.1, 0.15) is 30.1 Å². The zero-order valence-electron chi connectivity index (χ0n) is 12.9. The molecular weight excluding hydrogens is 355 g/mol. The molecule has 1 aromatic carbocycles. The van der Waals surface area contributed by atoms with Gasteiger partial charge in [-0.2, -0.15) is 0 Å². The molecule has 2 aromatic rings. The number of Topliss-reactive ketones (excluding diaryl/α,β-unsaturated/α-hetero) is 1. The van der Waals surface area contributed by atoms with Gasteiger partial charge in [0, 0.05) is 11.3 Å². The molecule has 23 heavy (non-hydrogen) atoms. The Morgan fingerprint density at radius 3 is 2.70 bits per heavy atom. The molecule has 0 unspecified atom stereocenters. The molecule has 0 amide bonds. The van der Waals surface area contributed by atoms with E-state index in [2.05, 4.69) is 17.1 Å². The predicted octanol–water partition coefficient (Wildman–Crippen LogP) is 4.55. The summed E-state index contributed by atoms with van der Waals surface area (Å²) in [5.41, 5.74) is 0.331. The minimum Gasteiger partial charge on any atom is -0.494 e. The number of ketones is 1. The third-order valence-electron chi connectivity index (χ3n) is 2.91. The Labute approximate surface area is 147 Å². The van der Waals surface area contributed by atoms with Crippen LogP contribution in [-0.4, -0.2) is 34.6 Å². The lowest BCUT2D eigenvalue weighted by Crippen LogP contribution is -2.03. The molecular formula is C15H17FN2O2S3. The number of aromatic nitrogens is 2. The van der Waals surface area contributed by atoms with Crippen molar-refractivity contribution in [2.75, 3.05) is 18.6 Å². The number of hydrogen-bond donors (Lipinski definition) is 0. The van der Waals surface area contributed by atoms with Crippen LogP contribution in [0.2, 0.25) is 0 Å². The van der Waals surface area contributed by atoms with E-state index >= 15 is 0 Å². The summed E-state index contributed by atoms with van der Waals surface area (Å²) in [6.45, 7) is 2.15. The summed E-state index contributed by atoms with van der Waals surface area (Å²) >= 11 is 4.50. The zero-order chi connectivity index (χ0) is 16.7. The number of carbonyl (C=O) groups excluding carboxylic acids is 1. The van der Waals surface area contributed by atoms with E-state index in [0.29, 0.717) is 5.56 Å². The molecule has 2 rings (SSSR count). The molecule has 0 aliphatic heterocycles. The Balaban J connectivity index is 1.88. The third-order valence-corrected chi connectivity index (χ3v) is 6.19. The van der Waals surface area contributed by atoms with Crippen molar-refractivity contribution in [1.82, 2.24) is 10.2 Å². The highest BCUT2D eigenvalue weighted by molar-refractivity contribution is 8.03. The minimum absolute atomic E-state index is 0.132. The molecule has 0 aliphatic rings. The lowest BCUT2D eigenvalue weighted by Gasteiger charge is -2.03. The summed E-state index contributed by atoms with van der Waals surface area (Å²) in [4.78, 5) is 12.1. The second kappa shape index (κ2) is 9.24. The van der Waals surface area contributed by atoms with Crippen molar-refractivity contribution in [3.63, 3.8) is 0 Å². The summed E-state index contributed by atoms with van der Waals surface area (Å²) in [6, 6.07) is 4.23. The van der Waals surface area contributed by atoms with Gasteiger partial charge in [0.2, 0.25) is 0 Å². The van der Waals surface area contributed by atoms with E-state index in [1.54, 1.807) is 17.8 Å². The van der Waals surface area contributed by atoms with Gasteiger partial charge < -0.3 is 4.74 Å². The molecule has 0 atom stereocenters. The van der Waals surface area contributed by atoms with Gasteiger partial charge in [0.15, 0.2) is 26.0 Å². The maximum absolute atomic E-state index is 13.6. The van der Waals surface area contributed by atoms with Crippen LogP contribution in [0.5, 0.6) is 5.75 Å². The second-order valence-corrected chi connectivity index (χ2v) is 8.14. The van der Waals surface area contributed by atoms with E-state index in [1.165, 1.54) is 42.3 Å². The number of benzene rings is 1. The summed E-state index contributed by atoms with van der Waals surface area (Å²) < 4.78 is 20.1. The molecule has 0 fully saturated rings. The van der Waals surface area contributed by atoms with Gasteiger partial charge in [0.25, 0.3) is 0 Å². The molecule has 0 radical (unpaired) electrons. The second-order valence-electron chi connectivity index (χ2n) is 4.60. The lowest BCUT2D eigenvalue weighted by atomic mass is 10.1. The van der Waals surface area contributed by atoms with Crippen molar-refractivity contribution in [1.29, 1.82) is 0 Å². The van der Waals surface area contributed by atoms with Crippen LogP contribution in [-0.2, 0) is 0 Å². The van der Waals surface area contributed by atoms with Crippen molar-refractivity contribution < 1.29 is 13.9 Å². The van der Waals surface area contributed by atoms with Crippen LogP contribution in [0, 0.1) is 5.82 Å². The van der Waals surface area contributed by atoms with E-state index in [9.17, 15) is 9.18 Å². The van der Waals surface area contributed by atoms with Gasteiger partial charge in [-0.3, -0.25) is 4.79 Å². The molecule has 1 aromatic heterocycles. The van der Waals surface area contributed by atoms with E-state index < -0.39 is 5.82 Å². The fourth-order valence-corrected chi connectivity index (χ4v) is 4.74. The Morgan fingerprint density at radius 2 is 2.04 bits per heavy atom. The monoisotopic (exact) mass is 372 g/mol. The highest BCUT2D eigenvalue weighted by atomic mass is 32.2. The molecule has 124 valence electrons. The van der Waals surface area contributed by atoms with Crippen molar-refractivity contribution in [2.24, 2.45) is 0 Å². The molecule has 0 saturated carbocycles. The number of unbranched alkanes of at least 4 members (excludes halogenated alkanes) is 1. The first kappa shape index (κ1) is 18.2. The number of thioether (sulfide) groups is 2. The molecule has 4 nitrogen and oxygen atoms in total. The first-order valence-electron chi connectivity index (χ1n) is 7.10. The summed E-state index contributed by atoms with van der Waals surface area (Å²) in [7, 11) is 1.39. The standard InChI is InChI=1S/C15H17FN2O2S3/c1-3-4-7-21-14-17-18-15(23-14)22-9-12(19)10-5-6-13(20-2)11(16)8-10/h5-6,8H,3-4,7,9H2,1-2H3. The molecule has 1 heterocycles. The molecule has 0 bridgehead atoms. The van der Waals surface area contributed by atoms with Crippen molar-refractivity contribution in [2.45, 2.75) is 28.4 Å². The summed E-state index contributed by atoms with van der Waals surface area (Å²) in [5.74, 6) is 0.688. The van der Waals surface area contributed by atoms with Gasteiger partial charge in [0.1, 0.15) is 0 Å². The number of halogens is 1. The van der Waals surface area contributed by atoms with E-state index in [1.807, 2.05) is 0 Å². The molecule has 0 spiro atoms. The molecule has 0 saturated heterocycles. The quantitative estimate of drug-likeness (QED) is 0.366. The zero-order valence-corrected chi connectivity index (χ0v) is 15.3. The van der Waals surface area contributed by atoms with Gasteiger partial charge in [-0.05, 0) is 24.6 Å². The summed E-state index contributed by atoms with van der Waals surface area (Å²) in [6.07, 6.45) is 2.30. The fourth-order valence-electron chi connectivity index (χ4n) is 1.67. The smallest absolute Gasteiger partial charge is 0.175 e. The molecule has 8 heteroatoms. The van der Waals surface area contributed by atoms with E-state index in [-0.39, 0.29) is 17.3 Å². The van der Waals surface area contributed by atoms with Crippen LogP contribution >= 0.6 is 34.9 Å². The van der Waals surface area contributed by atoms with E-state index in [4.69, 9.17) is 4.74 Å².